The number of hydrogen-bond donors (Lipinski definition) is 4. The molecule has 4 N–H and O–H groups in total. The molecule has 2 amide bonds. The maximum atomic E-state index is 11.5. The minimum atomic E-state index is -1.61. The first-order chi connectivity index (χ1) is 8.81. The van der Waals surface area contributed by atoms with Gasteiger partial charge in [-0.1, -0.05) is 0 Å². The van der Waals surface area contributed by atoms with E-state index in [0.717, 1.165) is 17.1 Å². The monoisotopic (exact) mass is 270 g/mol. The summed E-state index contributed by atoms with van der Waals surface area (Å²) in [5, 5.41) is 22.4. The van der Waals surface area contributed by atoms with E-state index in [2.05, 4.69) is 10.6 Å². The number of aliphatic hydroxyl groups excluding tert-OH is 1. The molecule has 7 heteroatoms. The van der Waals surface area contributed by atoms with Gasteiger partial charge >= 0.3 is 12.0 Å². The molecule has 0 aliphatic rings. The quantitative estimate of drug-likeness (QED) is 0.629. The zero-order chi connectivity index (χ0) is 14.6. The summed E-state index contributed by atoms with van der Waals surface area (Å²) in [6, 6.07) is 0.998. The van der Waals surface area contributed by atoms with Crippen LogP contribution in [0.3, 0.4) is 0 Å². The first kappa shape index (κ1) is 15.0. The van der Waals surface area contributed by atoms with Crippen molar-refractivity contribution in [3.63, 3.8) is 0 Å². The SMILES string of the molecule is Cc1cc(C(C)NC(=O)NCC(O)C(=O)O)c(C)o1. The van der Waals surface area contributed by atoms with Crippen LogP contribution in [0.5, 0.6) is 0 Å². The Morgan fingerprint density at radius 3 is 2.53 bits per heavy atom. The summed E-state index contributed by atoms with van der Waals surface area (Å²) in [6.45, 7) is 5.04. The molecule has 0 bridgehead atoms. The molecule has 0 aromatic carbocycles. The number of nitrogens with one attached hydrogen (secondary N) is 2. The Morgan fingerprint density at radius 2 is 2.05 bits per heavy atom. The van der Waals surface area contributed by atoms with E-state index in [1.54, 1.807) is 13.8 Å². The highest BCUT2D eigenvalue weighted by Gasteiger charge is 2.17. The number of amides is 2. The molecule has 0 spiro atoms. The number of hydrogen-bond acceptors (Lipinski definition) is 4. The van der Waals surface area contributed by atoms with Crippen molar-refractivity contribution in [1.29, 1.82) is 0 Å². The summed E-state index contributed by atoms with van der Waals surface area (Å²) < 4.78 is 5.36. The van der Waals surface area contributed by atoms with Gasteiger partial charge in [-0.05, 0) is 26.8 Å². The van der Waals surface area contributed by atoms with Gasteiger partial charge in [-0.15, -0.1) is 0 Å². The van der Waals surface area contributed by atoms with Crippen molar-refractivity contribution in [2.75, 3.05) is 6.54 Å². The maximum absolute atomic E-state index is 11.5. The number of urea groups is 1. The van der Waals surface area contributed by atoms with Gasteiger partial charge in [-0.2, -0.15) is 0 Å². The lowest BCUT2D eigenvalue weighted by Crippen LogP contribution is -2.42. The molecule has 19 heavy (non-hydrogen) atoms. The van der Waals surface area contributed by atoms with E-state index >= 15 is 0 Å². The molecule has 1 aromatic rings. The zero-order valence-electron chi connectivity index (χ0n) is 11.1. The zero-order valence-corrected chi connectivity index (χ0v) is 11.1. The molecule has 1 aromatic heterocycles. The Morgan fingerprint density at radius 1 is 1.42 bits per heavy atom. The second kappa shape index (κ2) is 6.24. The van der Waals surface area contributed by atoms with Gasteiger partial charge in [0.25, 0.3) is 0 Å². The molecular formula is C12H18N2O5. The van der Waals surface area contributed by atoms with E-state index in [4.69, 9.17) is 14.6 Å². The predicted octanol–water partition coefficient (Wildman–Crippen LogP) is 0.702. The van der Waals surface area contributed by atoms with Crippen LogP contribution in [0.25, 0.3) is 0 Å². The lowest BCUT2D eigenvalue weighted by molar-refractivity contribution is -0.146. The number of furan rings is 1. The first-order valence-electron chi connectivity index (χ1n) is 5.83. The molecule has 0 radical (unpaired) electrons. The highest BCUT2D eigenvalue weighted by Crippen LogP contribution is 2.20. The number of carbonyl (C=O) groups excluding carboxylic acids is 1. The van der Waals surface area contributed by atoms with Crippen LogP contribution in [-0.4, -0.2) is 34.9 Å². The summed E-state index contributed by atoms with van der Waals surface area (Å²) in [5.74, 6) is 0.0911. The molecule has 0 fully saturated rings. The molecule has 2 unspecified atom stereocenters. The van der Waals surface area contributed by atoms with Crippen molar-refractivity contribution in [2.45, 2.75) is 32.9 Å². The topological polar surface area (TPSA) is 112 Å². The largest absolute Gasteiger partial charge is 0.479 e. The van der Waals surface area contributed by atoms with E-state index in [1.165, 1.54) is 0 Å². The van der Waals surface area contributed by atoms with Crippen LogP contribution in [0.1, 0.15) is 30.0 Å². The molecule has 0 aliphatic heterocycles. The van der Waals surface area contributed by atoms with Crippen LogP contribution in [-0.2, 0) is 4.79 Å². The number of rotatable bonds is 5. The maximum Gasteiger partial charge on any atom is 0.334 e. The lowest BCUT2D eigenvalue weighted by Gasteiger charge is -2.14. The molecular weight excluding hydrogens is 252 g/mol. The number of aryl methyl sites for hydroxylation is 2. The van der Waals surface area contributed by atoms with Gasteiger partial charge in [0, 0.05) is 5.56 Å². The average Bonchev–Trinajstić information content (AvgIpc) is 2.65. The summed E-state index contributed by atoms with van der Waals surface area (Å²) in [4.78, 5) is 21.9. The first-order valence-corrected chi connectivity index (χ1v) is 5.83. The minimum Gasteiger partial charge on any atom is -0.479 e. The van der Waals surface area contributed by atoms with Gasteiger partial charge in [-0.3, -0.25) is 0 Å². The van der Waals surface area contributed by atoms with Gasteiger partial charge in [0.15, 0.2) is 6.10 Å². The predicted molar refractivity (Wildman–Crippen MR) is 66.8 cm³/mol. The van der Waals surface area contributed by atoms with E-state index in [-0.39, 0.29) is 12.6 Å². The summed E-state index contributed by atoms with van der Waals surface area (Å²) in [6.07, 6.45) is -1.61. The number of carbonyl (C=O) groups is 2. The van der Waals surface area contributed by atoms with E-state index in [0.29, 0.717) is 0 Å². The Bertz CT molecular complexity index is 469. The fraction of sp³-hybridized carbons (Fsp3) is 0.500. The fourth-order valence-corrected chi connectivity index (χ4v) is 1.68. The Hall–Kier alpha value is -2.02. The molecule has 2 atom stereocenters. The van der Waals surface area contributed by atoms with Crippen LogP contribution >= 0.6 is 0 Å². The second-order valence-corrected chi connectivity index (χ2v) is 4.30. The van der Waals surface area contributed by atoms with Crippen LogP contribution in [0, 0.1) is 13.8 Å². The second-order valence-electron chi connectivity index (χ2n) is 4.30. The Balaban J connectivity index is 2.48. The van der Waals surface area contributed by atoms with Crippen LogP contribution in [0.2, 0.25) is 0 Å². The lowest BCUT2D eigenvalue weighted by atomic mass is 10.1. The van der Waals surface area contributed by atoms with Gasteiger partial charge in [0.05, 0.1) is 12.6 Å². The van der Waals surface area contributed by atoms with E-state index in [1.807, 2.05) is 13.0 Å². The van der Waals surface area contributed by atoms with Crippen LogP contribution < -0.4 is 10.6 Å². The normalized spacial score (nSPS) is 13.7. The standard InChI is InChI=1S/C12H18N2O5/c1-6-4-9(8(3)19-6)7(2)14-12(18)13-5-10(15)11(16)17/h4,7,10,15H,5H2,1-3H3,(H,16,17)(H2,13,14,18). The minimum absolute atomic E-state index is 0.278. The van der Waals surface area contributed by atoms with E-state index < -0.39 is 18.1 Å². The molecule has 1 heterocycles. The molecule has 0 aliphatic carbocycles. The van der Waals surface area contributed by atoms with Crippen molar-refractivity contribution in [1.82, 2.24) is 10.6 Å². The van der Waals surface area contributed by atoms with Gasteiger partial charge in [0.1, 0.15) is 11.5 Å². The Labute approximate surface area is 110 Å². The molecule has 0 saturated carbocycles. The van der Waals surface area contributed by atoms with Crippen LogP contribution in [0.4, 0.5) is 4.79 Å². The molecule has 0 saturated heterocycles. The van der Waals surface area contributed by atoms with Gasteiger partial charge < -0.3 is 25.3 Å². The van der Waals surface area contributed by atoms with Crippen molar-refractivity contribution >= 4 is 12.0 Å². The molecule has 1 rings (SSSR count). The van der Waals surface area contributed by atoms with Crippen LogP contribution in [0.15, 0.2) is 10.5 Å². The van der Waals surface area contributed by atoms with Gasteiger partial charge in [-0.25, -0.2) is 9.59 Å². The van der Waals surface area contributed by atoms with E-state index in [9.17, 15) is 9.59 Å². The van der Waals surface area contributed by atoms with Crippen molar-refractivity contribution in [3.8, 4) is 0 Å². The highest BCUT2D eigenvalue weighted by molar-refractivity contribution is 5.77. The third kappa shape index (κ3) is 4.29. The Kier molecular flexibility index (Phi) is 4.94. The number of aliphatic carboxylic acids is 1. The fourth-order valence-electron chi connectivity index (χ4n) is 1.68. The summed E-state index contributed by atoms with van der Waals surface area (Å²) >= 11 is 0. The molecule has 106 valence electrons. The highest BCUT2D eigenvalue weighted by atomic mass is 16.4. The molecule has 7 nitrogen and oxygen atoms in total. The average molecular weight is 270 g/mol. The number of carboxylic acids is 1. The smallest absolute Gasteiger partial charge is 0.334 e. The van der Waals surface area contributed by atoms with Crippen molar-refractivity contribution in [2.24, 2.45) is 0 Å². The van der Waals surface area contributed by atoms with Gasteiger partial charge in [0.2, 0.25) is 0 Å². The third-order valence-electron chi connectivity index (χ3n) is 2.63. The third-order valence-corrected chi connectivity index (χ3v) is 2.63. The van der Waals surface area contributed by atoms with Crippen molar-refractivity contribution < 1.29 is 24.2 Å². The number of carboxylic acid groups (broad SMARTS) is 1. The number of aliphatic hydroxyl groups is 1. The van der Waals surface area contributed by atoms with Crippen molar-refractivity contribution in [3.05, 3.63) is 23.2 Å². The summed E-state index contributed by atoms with van der Waals surface area (Å²) in [5.41, 5.74) is 0.853. The summed E-state index contributed by atoms with van der Waals surface area (Å²) in [7, 11) is 0.